The molecule has 0 radical (unpaired) electrons. The first kappa shape index (κ1) is 12.4. The highest BCUT2D eigenvalue weighted by Gasteiger charge is 2.03. The van der Waals surface area contributed by atoms with E-state index in [1.54, 1.807) is 27.6 Å². The lowest BCUT2D eigenvalue weighted by Gasteiger charge is -2.03. The van der Waals surface area contributed by atoms with E-state index < -0.39 is 0 Å². The summed E-state index contributed by atoms with van der Waals surface area (Å²) in [5, 5.41) is 0. The van der Waals surface area contributed by atoms with Gasteiger partial charge in [0.1, 0.15) is 5.82 Å². The highest BCUT2D eigenvalue weighted by molar-refractivity contribution is 5.33. The maximum atomic E-state index is 12.0. The van der Waals surface area contributed by atoms with E-state index in [1.165, 1.54) is 0 Å². The number of imidazole rings is 1. The summed E-state index contributed by atoms with van der Waals surface area (Å²) in [7, 11) is 0. The minimum atomic E-state index is 0.0119. The van der Waals surface area contributed by atoms with Crippen molar-refractivity contribution in [3.63, 3.8) is 0 Å². The Morgan fingerprint density at radius 3 is 2.72 bits per heavy atom. The quantitative estimate of drug-likeness (QED) is 0.605. The van der Waals surface area contributed by atoms with Gasteiger partial charge in [-0.05, 0) is 18.1 Å². The van der Waals surface area contributed by atoms with Gasteiger partial charge < -0.3 is 5.43 Å². The van der Waals surface area contributed by atoms with E-state index in [1.807, 2.05) is 19.2 Å². The average molecular weight is 247 g/mol. The van der Waals surface area contributed by atoms with Crippen molar-refractivity contribution < 1.29 is 0 Å². The van der Waals surface area contributed by atoms with Crippen molar-refractivity contribution in [3.05, 3.63) is 46.8 Å². The third-order valence-corrected chi connectivity index (χ3v) is 2.71. The molecule has 0 atom stereocenters. The van der Waals surface area contributed by atoms with Crippen LogP contribution in [-0.4, -0.2) is 14.1 Å². The van der Waals surface area contributed by atoms with Crippen LogP contribution >= 0.6 is 0 Å². The molecule has 6 heteroatoms. The van der Waals surface area contributed by atoms with Crippen LogP contribution in [0, 0.1) is 0 Å². The molecule has 0 spiro atoms. The van der Waals surface area contributed by atoms with Crippen molar-refractivity contribution in [2.45, 2.75) is 26.4 Å². The Bertz CT molecular complexity index is 555. The Morgan fingerprint density at radius 2 is 2.11 bits per heavy atom. The largest absolute Gasteiger partial charge is 0.328 e. The Morgan fingerprint density at radius 1 is 1.33 bits per heavy atom. The van der Waals surface area contributed by atoms with Gasteiger partial charge in [-0.15, -0.1) is 0 Å². The summed E-state index contributed by atoms with van der Waals surface area (Å²) in [6.45, 7) is 3.32. The Balaban J connectivity index is 2.15. The molecule has 0 aliphatic carbocycles. The summed E-state index contributed by atoms with van der Waals surface area (Å²) in [6, 6.07) is 3.68. The minimum Gasteiger partial charge on any atom is -0.308 e. The van der Waals surface area contributed by atoms with Crippen LogP contribution in [0.5, 0.6) is 0 Å². The molecule has 96 valence electrons. The van der Waals surface area contributed by atoms with E-state index in [-0.39, 0.29) is 5.69 Å². The predicted octanol–water partition coefficient (Wildman–Crippen LogP) is 0.789. The van der Waals surface area contributed by atoms with Crippen molar-refractivity contribution in [1.29, 1.82) is 0 Å². The molecule has 0 amide bonds. The number of nitrogen functional groups attached to an aromatic ring is 1. The van der Waals surface area contributed by atoms with E-state index in [2.05, 4.69) is 10.4 Å². The first-order valence-corrected chi connectivity index (χ1v) is 5.91. The van der Waals surface area contributed by atoms with Crippen molar-refractivity contribution in [2.75, 3.05) is 5.43 Å². The van der Waals surface area contributed by atoms with E-state index >= 15 is 0 Å². The molecule has 6 nitrogen and oxygen atoms in total. The number of aromatic nitrogens is 3. The third-order valence-electron chi connectivity index (χ3n) is 2.71. The number of pyridine rings is 1. The van der Waals surface area contributed by atoms with Gasteiger partial charge in [-0.2, -0.15) is 0 Å². The fraction of sp³-hybridized carbons (Fsp3) is 0.333. The van der Waals surface area contributed by atoms with Crippen molar-refractivity contribution in [3.8, 4) is 0 Å². The van der Waals surface area contributed by atoms with Crippen LogP contribution in [0.15, 0.2) is 35.5 Å². The van der Waals surface area contributed by atoms with Crippen LogP contribution in [0.4, 0.5) is 5.82 Å². The molecule has 18 heavy (non-hydrogen) atoms. The number of nitrogens with zero attached hydrogens (tertiary/aromatic N) is 3. The summed E-state index contributed by atoms with van der Waals surface area (Å²) in [4.78, 5) is 16.1. The second-order valence-electron chi connectivity index (χ2n) is 4.10. The number of nitrogens with one attached hydrogen (secondary N) is 1. The number of hydrogen-bond acceptors (Lipinski definition) is 4. The molecular formula is C12H17N5O. The molecule has 0 saturated heterocycles. The first-order valence-electron chi connectivity index (χ1n) is 5.91. The molecule has 2 rings (SSSR count). The minimum absolute atomic E-state index is 0.0119. The van der Waals surface area contributed by atoms with Crippen LogP contribution in [0.25, 0.3) is 0 Å². The van der Waals surface area contributed by atoms with Crippen molar-refractivity contribution in [2.24, 2.45) is 5.84 Å². The third kappa shape index (κ3) is 2.60. The molecule has 0 aliphatic rings. The normalized spacial score (nSPS) is 10.6. The summed E-state index contributed by atoms with van der Waals surface area (Å²) in [5.74, 6) is 5.85. The van der Waals surface area contributed by atoms with Crippen LogP contribution < -0.4 is 17.0 Å². The topological polar surface area (TPSA) is 77.9 Å². The number of aryl methyl sites for hydroxylation is 1. The zero-order valence-corrected chi connectivity index (χ0v) is 10.3. The molecule has 2 heterocycles. The molecule has 3 N–H and O–H groups in total. The maximum Gasteiger partial charge on any atom is 0.328 e. The summed E-state index contributed by atoms with van der Waals surface area (Å²) < 4.78 is 3.38. The zero-order chi connectivity index (χ0) is 13.0. The number of rotatable bonds is 5. The molecule has 0 unspecified atom stereocenters. The van der Waals surface area contributed by atoms with Crippen LogP contribution in [0.2, 0.25) is 0 Å². The van der Waals surface area contributed by atoms with Crippen LogP contribution in [0.1, 0.15) is 18.9 Å². The number of nitrogens with two attached hydrogens (primary N) is 1. The van der Waals surface area contributed by atoms with Crippen LogP contribution in [0.3, 0.4) is 0 Å². The second-order valence-corrected chi connectivity index (χ2v) is 4.10. The summed E-state index contributed by atoms with van der Waals surface area (Å²) >= 11 is 0. The molecular weight excluding hydrogens is 230 g/mol. The fourth-order valence-electron chi connectivity index (χ4n) is 1.78. The molecule has 0 saturated carbocycles. The van der Waals surface area contributed by atoms with Gasteiger partial charge in [0.15, 0.2) is 0 Å². The SMILES string of the molecule is CCCn1ccn(Cc2ccc(NN)nc2)c1=O. The van der Waals surface area contributed by atoms with Gasteiger partial charge >= 0.3 is 5.69 Å². The lowest BCUT2D eigenvalue weighted by atomic mass is 10.3. The molecule has 0 fully saturated rings. The van der Waals surface area contributed by atoms with Crippen molar-refractivity contribution in [1.82, 2.24) is 14.1 Å². The fourth-order valence-corrected chi connectivity index (χ4v) is 1.78. The Labute approximate surface area is 105 Å². The lowest BCUT2D eigenvalue weighted by Crippen LogP contribution is -2.24. The van der Waals surface area contributed by atoms with E-state index in [9.17, 15) is 4.79 Å². The van der Waals surface area contributed by atoms with E-state index in [0.29, 0.717) is 12.4 Å². The average Bonchev–Trinajstić information content (AvgIpc) is 2.73. The smallest absolute Gasteiger partial charge is 0.308 e. The lowest BCUT2D eigenvalue weighted by molar-refractivity contribution is 0.624. The molecule has 0 aliphatic heterocycles. The van der Waals surface area contributed by atoms with Crippen LogP contribution in [-0.2, 0) is 13.1 Å². The van der Waals surface area contributed by atoms with Gasteiger partial charge in [0.05, 0.1) is 6.54 Å². The van der Waals surface area contributed by atoms with E-state index in [4.69, 9.17) is 5.84 Å². The summed E-state index contributed by atoms with van der Waals surface area (Å²) in [6.07, 6.45) is 6.27. The van der Waals surface area contributed by atoms with Crippen molar-refractivity contribution >= 4 is 5.82 Å². The Hall–Kier alpha value is -2.08. The van der Waals surface area contributed by atoms with Gasteiger partial charge in [0.25, 0.3) is 0 Å². The number of anilines is 1. The van der Waals surface area contributed by atoms with Gasteiger partial charge in [0.2, 0.25) is 0 Å². The highest BCUT2D eigenvalue weighted by atomic mass is 16.1. The maximum absolute atomic E-state index is 12.0. The number of hydrazine groups is 1. The zero-order valence-electron chi connectivity index (χ0n) is 10.3. The van der Waals surface area contributed by atoms with Gasteiger partial charge in [0, 0.05) is 25.1 Å². The number of hydrogen-bond donors (Lipinski definition) is 2. The van der Waals surface area contributed by atoms with Gasteiger partial charge in [-0.1, -0.05) is 13.0 Å². The van der Waals surface area contributed by atoms with Gasteiger partial charge in [-0.25, -0.2) is 15.6 Å². The monoisotopic (exact) mass is 247 g/mol. The molecule has 0 aromatic carbocycles. The molecule has 0 bridgehead atoms. The van der Waals surface area contributed by atoms with E-state index in [0.717, 1.165) is 18.5 Å². The second kappa shape index (κ2) is 5.50. The Kier molecular flexibility index (Phi) is 3.78. The molecule has 2 aromatic rings. The highest BCUT2D eigenvalue weighted by Crippen LogP contribution is 2.04. The summed E-state index contributed by atoms with van der Waals surface area (Å²) in [5.41, 5.74) is 3.44. The standard InChI is InChI=1S/C12H17N5O/c1-2-5-16-6-7-17(12(16)18)9-10-3-4-11(15-13)14-8-10/h3-4,6-8H,2,5,9,13H2,1H3,(H,14,15). The van der Waals surface area contributed by atoms with Gasteiger partial charge in [-0.3, -0.25) is 9.13 Å². The predicted molar refractivity (Wildman–Crippen MR) is 70.1 cm³/mol. The molecule has 2 aromatic heterocycles. The first-order chi connectivity index (χ1) is 8.74.